The van der Waals surface area contributed by atoms with Crippen LogP contribution in [0.5, 0.6) is 0 Å². The largest absolute Gasteiger partial charge is 0.490 e. The summed E-state index contributed by atoms with van der Waals surface area (Å²) in [4.78, 5) is 46.9. The minimum atomic E-state index is -5.08. The zero-order valence-electron chi connectivity index (χ0n) is 18.1. The minimum absolute atomic E-state index is 0.0870. The van der Waals surface area contributed by atoms with Crippen LogP contribution in [0.2, 0.25) is 0 Å². The highest BCUT2D eigenvalue weighted by molar-refractivity contribution is 5.97. The number of rotatable bonds is 3. The van der Waals surface area contributed by atoms with Gasteiger partial charge >= 0.3 is 24.3 Å². The van der Waals surface area contributed by atoms with Crippen molar-refractivity contribution >= 4 is 23.5 Å². The third-order valence-corrected chi connectivity index (χ3v) is 4.97. The molecule has 36 heavy (non-hydrogen) atoms. The molecule has 0 radical (unpaired) electrons. The van der Waals surface area contributed by atoms with E-state index in [4.69, 9.17) is 19.8 Å². The first-order valence-corrected chi connectivity index (χ1v) is 9.99. The first-order valence-electron chi connectivity index (χ1n) is 9.99. The van der Waals surface area contributed by atoms with Crippen LogP contribution in [-0.2, 0) is 20.9 Å². The molecule has 2 fully saturated rings. The summed E-state index contributed by atoms with van der Waals surface area (Å²) in [6.07, 6.45) is -3.46. The van der Waals surface area contributed by atoms with Gasteiger partial charge in [0.1, 0.15) is 6.33 Å². The fraction of sp³-hybridized carbons (Fsp3) is 0.400. The van der Waals surface area contributed by atoms with E-state index in [1.54, 1.807) is 12.4 Å². The average molecular weight is 523 g/mol. The van der Waals surface area contributed by atoms with Crippen molar-refractivity contribution in [2.45, 2.75) is 18.9 Å². The molecule has 2 aliphatic rings. The van der Waals surface area contributed by atoms with Crippen LogP contribution in [0.1, 0.15) is 5.69 Å². The zero-order chi connectivity index (χ0) is 27.1. The van der Waals surface area contributed by atoms with Crippen LogP contribution in [-0.4, -0.2) is 79.9 Å². The molecule has 10 nitrogen and oxygen atoms in total. The van der Waals surface area contributed by atoms with Crippen LogP contribution < -0.4 is 4.90 Å². The second-order valence-electron chi connectivity index (χ2n) is 7.53. The summed E-state index contributed by atoms with van der Waals surface area (Å²) in [7, 11) is 0. The Morgan fingerprint density at radius 1 is 0.944 bits per heavy atom. The van der Waals surface area contributed by atoms with E-state index < -0.39 is 24.3 Å². The van der Waals surface area contributed by atoms with Crippen molar-refractivity contribution in [1.29, 1.82) is 0 Å². The smallest absolute Gasteiger partial charge is 0.475 e. The molecule has 4 rings (SSSR count). The van der Waals surface area contributed by atoms with Crippen LogP contribution in [0.25, 0.3) is 0 Å². The Labute approximate surface area is 199 Å². The highest BCUT2D eigenvalue weighted by atomic mass is 19.4. The van der Waals surface area contributed by atoms with Gasteiger partial charge in [-0.05, 0) is 12.1 Å². The van der Waals surface area contributed by atoms with E-state index in [-0.39, 0.29) is 11.8 Å². The Balaban J connectivity index is 0.000000271. The molecule has 2 saturated heterocycles. The van der Waals surface area contributed by atoms with Crippen molar-refractivity contribution in [3.8, 4) is 0 Å². The normalized spacial score (nSPS) is 19.5. The lowest BCUT2D eigenvalue weighted by atomic mass is 10.0. The number of carbonyl (C=O) groups is 3. The van der Waals surface area contributed by atoms with Crippen molar-refractivity contribution in [3.63, 3.8) is 0 Å². The number of alkyl halides is 6. The van der Waals surface area contributed by atoms with Crippen LogP contribution in [0.3, 0.4) is 0 Å². The van der Waals surface area contributed by atoms with Crippen molar-refractivity contribution in [2.24, 2.45) is 11.8 Å². The predicted octanol–water partition coefficient (Wildman–Crippen LogP) is 2.23. The molecule has 0 bridgehead atoms. The highest BCUT2D eigenvalue weighted by Crippen LogP contribution is 2.35. The van der Waals surface area contributed by atoms with Crippen molar-refractivity contribution in [2.75, 3.05) is 24.5 Å². The summed E-state index contributed by atoms with van der Waals surface area (Å²) in [5.74, 6) is -4.84. The lowest BCUT2D eigenvalue weighted by molar-refractivity contribution is -0.193. The number of amides is 1. The maximum absolute atomic E-state index is 12.6. The van der Waals surface area contributed by atoms with Gasteiger partial charge in [0.25, 0.3) is 0 Å². The maximum Gasteiger partial charge on any atom is 0.490 e. The molecule has 4 heterocycles. The van der Waals surface area contributed by atoms with Gasteiger partial charge in [0.15, 0.2) is 0 Å². The fourth-order valence-corrected chi connectivity index (χ4v) is 3.46. The van der Waals surface area contributed by atoms with Gasteiger partial charge in [0.05, 0.1) is 29.7 Å². The van der Waals surface area contributed by atoms with Gasteiger partial charge in [-0.25, -0.2) is 19.6 Å². The number of hydrogen-bond donors (Lipinski definition) is 2. The molecule has 2 aromatic heterocycles. The molecule has 0 aromatic carbocycles. The number of halogens is 6. The standard InChI is InChI=1S/C16H17N5O.2C2HF3O2/c22-16-15-10-20(9-13-3-1-2-4-19-13)7-12(15)8-21(16)14-5-17-11-18-6-14;2*3-2(4,5)1(6)7/h1-6,11-12,15H,7-10H2;2*(H,6,7)/t12-,15-;;/m0../s1. The first kappa shape index (κ1) is 28.4. The Hall–Kier alpha value is -3.82. The van der Waals surface area contributed by atoms with Crippen molar-refractivity contribution in [3.05, 3.63) is 48.8 Å². The average Bonchev–Trinajstić information content (AvgIpc) is 3.33. The second kappa shape index (κ2) is 11.7. The lowest BCUT2D eigenvalue weighted by Gasteiger charge is -2.20. The Bertz CT molecular complexity index is 1010. The van der Waals surface area contributed by atoms with Gasteiger partial charge in [0, 0.05) is 38.3 Å². The lowest BCUT2D eigenvalue weighted by Crippen LogP contribution is -2.32. The molecular weight excluding hydrogens is 504 g/mol. The topological polar surface area (TPSA) is 137 Å². The van der Waals surface area contributed by atoms with Crippen LogP contribution in [0.15, 0.2) is 43.1 Å². The van der Waals surface area contributed by atoms with E-state index >= 15 is 0 Å². The predicted molar refractivity (Wildman–Crippen MR) is 108 cm³/mol. The molecular formula is C20H19F6N5O5. The second-order valence-corrected chi connectivity index (χ2v) is 7.53. The van der Waals surface area contributed by atoms with Gasteiger partial charge in [-0.3, -0.25) is 14.7 Å². The van der Waals surface area contributed by atoms with E-state index in [0.29, 0.717) is 5.92 Å². The fourth-order valence-electron chi connectivity index (χ4n) is 3.46. The molecule has 2 N–H and O–H groups in total. The molecule has 196 valence electrons. The molecule has 0 spiro atoms. The third kappa shape index (κ3) is 8.14. The summed E-state index contributed by atoms with van der Waals surface area (Å²) in [5, 5.41) is 14.2. The number of carboxylic acid groups (broad SMARTS) is 2. The molecule has 0 aliphatic carbocycles. The number of anilines is 1. The number of likely N-dealkylation sites (tertiary alicyclic amines) is 1. The molecule has 0 unspecified atom stereocenters. The van der Waals surface area contributed by atoms with Crippen LogP contribution in [0, 0.1) is 11.8 Å². The number of fused-ring (bicyclic) bond motifs is 1. The Morgan fingerprint density at radius 3 is 1.94 bits per heavy atom. The number of pyridine rings is 1. The van der Waals surface area contributed by atoms with E-state index in [1.807, 2.05) is 29.3 Å². The van der Waals surface area contributed by atoms with E-state index in [2.05, 4.69) is 19.9 Å². The number of carboxylic acids is 2. The summed E-state index contributed by atoms with van der Waals surface area (Å²) < 4.78 is 63.5. The van der Waals surface area contributed by atoms with Crippen LogP contribution >= 0.6 is 0 Å². The molecule has 2 aliphatic heterocycles. The summed E-state index contributed by atoms with van der Waals surface area (Å²) in [5.41, 5.74) is 1.86. The highest BCUT2D eigenvalue weighted by Gasteiger charge is 2.46. The number of hydrogen-bond acceptors (Lipinski definition) is 7. The quantitative estimate of drug-likeness (QED) is 0.581. The summed E-state index contributed by atoms with van der Waals surface area (Å²) in [6.45, 7) is 3.33. The zero-order valence-corrected chi connectivity index (χ0v) is 18.1. The van der Waals surface area contributed by atoms with Gasteiger partial charge in [-0.1, -0.05) is 6.07 Å². The van der Waals surface area contributed by atoms with Gasteiger partial charge in [-0.2, -0.15) is 26.3 Å². The summed E-state index contributed by atoms with van der Waals surface area (Å²) >= 11 is 0. The van der Waals surface area contributed by atoms with Gasteiger partial charge in [-0.15, -0.1) is 0 Å². The molecule has 16 heteroatoms. The number of nitrogens with zero attached hydrogens (tertiary/aromatic N) is 5. The molecule has 2 aromatic rings. The van der Waals surface area contributed by atoms with Gasteiger partial charge in [0.2, 0.25) is 5.91 Å². The Kier molecular flexibility index (Phi) is 9.27. The number of carbonyl (C=O) groups excluding carboxylic acids is 1. The molecule has 1 amide bonds. The van der Waals surface area contributed by atoms with Crippen molar-refractivity contribution in [1.82, 2.24) is 19.9 Å². The number of aromatic nitrogens is 3. The van der Waals surface area contributed by atoms with E-state index in [0.717, 1.165) is 37.6 Å². The monoisotopic (exact) mass is 523 g/mol. The van der Waals surface area contributed by atoms with Gasteiger partial charge < -0.3 is 15.1 Å². The minimum Gasteiger partial charge on any atom is -0.475 e. The molecule has 2 atom stereocenters. The molecule has 0 saturated carbocycles. The first-order chi connectivity index (χ1) is 16.7. The van der Waals surface area contributed by atoms with Crippen LogP contribution in [0.4, 0.5) is 32.0 Å². The number of aliphatic carboxylic acids is 2. The van der Waals surface area contributed by atoms with Crippen molar-refractivity contribution < 1.29 is 50.9 Å². The van der Waals surface area contributed by atoms with E-state index in [9.17, 15) is 31.1 Å². The SMILES string of the molecule is O=C(O)C(F)(F)F.O=C(O)C(F)(F)F.O=C1[C@H]2CN(Cc3ccccn3)C[C@H]2CN1c1cncnc1. The summed E-state index contributed by atoms with van der Waals surface area (Å²) in [6, 6.07) is 5.95. The third-order valence-electron chi connectivity index (χ3n) is 4.97. The van der Waals surface area contributed by atoms with E-state index in [1.165, 1.54) is 6.33 Å². The Morgan fingerprint density at radius 2 is 1.50 bits per heavy atom. The maximum atomic E-state index is 12.6.